The fraction of sp³-hybridized carbons (Fsp3) is 0.389. The molecule has 0 unspecified atom stereocenters. The highest BCUT2D eigenvalue weighted by Crippen LogP contribution is 2.19. The van der Waals surface area contributed by atoms with Gasteiger partial charge >= 0.3 is 5.97 Å². The maximum Gasteiger partial charge on any atom is 0.317 e. The maximum atomic E-state index is 10.9. The molecule has 2 rings (SSSR count). The molecule has 0 radical (unpaired) electrons. The molecule has 0 heterocycles. The van der Waals surface area contributed by atoms with Crippen molar-refractivity contribution < 1.29 is 9.90 Å². The maximum absolute atomic E-state index is 10.9. The van der Waals surface area contributed by atoms with Gasteiger partial charge < -0.3 is 5.11 Å². The standard InChI is InChI=1S/C18H23NO2.ClH/c1-2-12-19(14-18(20)21)13-6-10-16-9-5-8-15-7-3-4-11-17(15)16;/h3-5,7-9,11H,2,6,10,12-14H2,1H3,(H,20,21);1H. The number of nitrogens with zero attached hydrogens (tertiary/aromatic N) is 1. The zero-order valence-corrected chi connectivity index (χ0v) is 13.8. The van der Waals surface area contributed by atoms with Crippen molar-refractivity contribution in [2.45, 2.75) is 26.2 Å². The van der Waals surface area contributed by atoms with Crippen LogP contribution in [0.5, 0.6) is 0 Å². The van der Waals surface area contributed by atoms with Crippen molar-refractivity contribution in [3.8, 4) is 0 Å². The number of hydrogen-bond donors (Lipinski definition) is 1. The monoisotopic (exact) mass is 321 g/mol. The zero-order valence-electron chi connectivity index (χ0n) is 13.0. The van der Waals surface area contributed by atoms with Crippen LogP contribution in [0.1, 0.15) is 25.3 Å². The lowest BCUT2D eigenvalue weighted by atomic mass is 10.0. The molecule has 0 spiro atoms. The minimum atomic E-state index is -0.742. The van der Waals surface area contributed by atoms with E-state index in [1.165, 1.54) is 16.3 Å². The predicted molar refractivity (Wildman–Crippen MR) is 93.9 cm³/mol. The summed E-state index contributed by atoms with van der Waals surface area (Å²) in [6, 6.07) is 14.8. The van der Waals surface area contributed by atoms with Gasteiger partial charge in [0, 0.05) is 0 Å². The Labute approximate surface area is 138 Å². The summed E-state index contributed by atoms with van der Waals surface area (Å²) < 4.78 is 0. The molecule has 0 aliphatic rings. The third-order valence-corrected chi connectivity index (χ3v) is 3.70. The van der Waals surface area contributed by atoms with E-state index in [0.717, 1.165) is 32.4 Å². The van der Waals surface area contributed by atoms with Crippen molar-refractivity contribution in [2.24, 2.45) is 0 Å². The van der Waals surface area contributed by atoms with E-state index in [4.69, 9.17) is 5.11 Å². The SMILES string of the molecule is CCCN(CCCc1cccc2ccccc12)CC(=O)O.Cl. The number of benzene rings is 2. The van der Waals surface area contributed by atoms with Gasteiger partial charge in [0.15, 0.2) is 0 Å². The molecule has 0 aromatic heterocycles. The molecule has 0 bridgehead atoms. The van der Waals surface area contributed by atoms with Gasteiger partial charge in [-0.2, -0.15) is 0 Å². The van der Waals surface area contributed by atoms with Gasteiger partial charge in [-0.05, 0) is 48.7 Å². The van der Waals surface area contributed by atoms with Crippen molar-refractivity contribution >= 4 is 29.1 Å². The summed E-state index contributed by atoms with van der Waals surface area (Å²) in [4.78, 5) is 12.9. The molecular formula is C18H24ClNO2. The molecule has 1 N–H and O–H groups in total. The fourth-order valence-electron chi connectivity index (χ4n) is 2.78. The molecule has 2 aromatic rings. The van der Waals surface area contributed by atoms with Crippen LogP contribution < -0.4 is 0 Å². The molecular weight excluding hydrogens is 298 g/mol. The molecule has 0 atom stereocenters. The Morgan fingerprint density at radius 3 is 2.55 bits per heavy atom. The molecule has 3 nitrogen and oxygen atoms in total. The van der Waals surface area contributed by atoms with Crippen molar-refractivity contribution in [3.63, 3.8) is 0 Å². The van der Waals surface area contributed by atoms with Crippen LogP contribution in [0.15, 0.2) is 42.5 Å². The first-order valence-electron chi connectivity index (χ1n) is 7.61. The van der Waals surface area contributed by atoms with Gasteiger partial charge in [-0.15, -0.1) is 12.4 Å². The van der Waals surface area contributed by atoms with E-state index in [0.29, 0.717) is 0 Å². The van der Waals surface area contributed by atoms with E-state index in [1.54, 1.807) is 0 Å². The van der Waals surface area contributed by atoms with Crippen LogP contribution in [0, 0.1) is 0 Å². The molecule has 4 heteroatoms. The topological polar surface area (TPSA) is 40.5 Å². The molecule has 0 saturated carbocycles. The zero-order chi connectivity index (χ0) is 15.1. The molecule has 22 heavy (non-hydrogen) atoms. The summed E-state index contributed by atoms with van der Waals surface area (Å²) in [6.45, 7) is 3.91. The molecule has 0 aliphatic carbocycles. The quantitative estimate of drug-likeness (QED) is 0.799. The van der Waals surface area contributed by atoms with Crippen LogP contribution in [0.25, 0.3) is 10.8 Å². The summed E-state index contributed by atoms with van der Waals surface area (Å²) in [5.41, 5.74) is 1.35. The third-order valence-electron chi connectivity index (χ3n) is 3.70. The Kier molecular flexibility index (Phi) is 7.92. The molecule has 0 fully saturated rings. The van der Waals surface area contributed by atoms with Gasteiger partial charge in [-0.1, -0.05) is 49.4 Å². The average molecular weight is 322 g/mol. The van der Waals surface area contributed by atoms with Crippen molar-refractivity contribution in [3.05, 3.63) is 48.0 Å². The Bertz CT molecular complexity index is 595. The number of aryl methyl sites for hydroxylation is 1. The number of hydrogen-bond acceptors (Lipinski definition) is 2. The van der Waals surface area contributed by atoms with Crippen LogP contribution in [0.3, 0.4) is 0 Å². The van der Waals surface area contributed by atoms with Crippen LogP contribution in [-0.2, 0) is 11.2 Å². The number of fused-ring (bicyclic) bond motifs is 1. The van der Waals surface area contributed by atoms with E-state index in [-0.39, 0.29) is 19.0 Å². The molecule has 0 saturated heterocycles. The number of carboxylic acids is 1. The van der Waals surface area contributed by atoms with Gasteiger partial charge in [0.2, 0.25) is 0 Å². The lowest BCUT2D eigenvalue weighted by Gasteiger charge is -2.19. The van der Waals surface area contributed by atoms with Gasteiger partial charge in [-0.25, -0.2) is 0 Å². The Balaban J connectivity index is 0.00000242. The molecule has 2 aromatic carbocycles. The van der Waals surface area contributed by atoms with E-state index in [9.17, 15) is 4.79 Å². The van der Waals surface area contributed by atoms with E-state index >= 15 is 0 Å². The highest BCUT2D eigenvalue weighted by atomic mass is 35.5. The van der Waals surface area contributed by atoms with E-state index in [1.807, 2.05) is 4.90 Å². The predicted octanol–water partition coefficient (Wildman–Crippen LogP) is 3.99. The molecule has 120 valence electrons. The summed E-state index contributed by atoms with van der Waals surface area (Å²) >= 11 is 0. The Hall–Kier alpha value is -1.58. The van der Waals surface area contributed by atoms with Crippen LogP contribution in [0.2, 0.25) is 0 Å². The summed E-state index contributed by atoms with van der Waals surface area (Å²) in [5.74, 6) is -0.742. The Morgan fingerprint density at radius 1 is 1.09 bits per heavy atom. The highest BCUT2D eigenvalue weighted by Gasteiger charge is 2.08. The minimum absolute atomic E-state index is 0. The van der Waals surface area contributed by atoms with Crippen molar-refractivity contribution in [2.75, 3.05) is 19.6 Å². The summed E-state index contributed by atoms with van der Waals surface area (Å²) in [6.07, 6.45) is 2.96. The number of aliphatic carboxylic acids is 1. The number of carboxylic acid groups (broad SMARTS) is 1. The normalized spacial score (nSPS) is 10.6. The Morgan fingerprint density at radius 2 is 1.82 bits per heavy atom. The largest absolute Gasteiger partial charge is 0.480 e. The van der Waals surface area contributed by atoms with Gasteiger partial charge in [0.25, 0.3) is 0 Å². The van der Waals surface area contributed by atoms with Crippen molar-refractivity contribution in [1.29, 1.82) is 0 Å². The first-order valence-corrected chi connectivity index (χ1v) is 7.61. The van der Waals surface area contributed by atoms with E-state index in [2.05, 4.69) is 49.4 Å². The van der Waals surface area contributed by atoms with Gasteiger partial charge in [-0.3, -0.25) is 9.69 Å². The van der Waals surface area contributed by atoms with Crippen LogP contribution >= 0.6 is 12.4 Å². The average Bonchev–Trinajstić information content (AvgIpc) is 2.47. The number of halogens is 1. The lowest BCUT2D eigenvalue weighted by Crippen LogP contribution is -2.31. The smallest absolute Gasteiger partial charge is 0.317 e. The number of carbonyl (C=O) groups is 1. The van der Waals surface area contributed by atoms with Crippen LogP contribution in [0.4, 0.5) is 0 Å². The summed E-state index contributed by atoms with van der Waals surface area (Å²) in [7, 11) is 0. The minimum Gasteiger partial charge on any atom is -0.480 e. The van der Waals surface area contributed by atoms with Crippen LogP contribution in [-0.4, -0.2) is 35.6 Å². The van der Waals surface area contributed by atoms with Crippen molar-refractivity contribution in [1.82, 2.24) is 4.90 Å². The molecule has 0 amide bonds. The fourth-order valence-corrected chi connectivity index (χ4v) is 2.78. The van der Waals surface area contributed by atoms with Gasteiger partial charge in [0.1, 0.15) is 0 Å². The highest BCUT2D eigenvalue weighted by molar-refractivity contribution is 5.86. The second-order valence-corrected chi connectivity index (χ2v) is 5.41. The second kappa shape index (κ2) is 9.44. The summed E-state index contributed by atoms with van der Waals surface area (Å²) in [5, 5.41) is 11.5. The second-order valence-electron chi connectivity index (χ2n) is 5.41. The number of rotatable bonds is 8. The van der Waals surface area contributed by atoms with Gasteiger partial charge in [0.05, 0.1) is 6.54 Å². The lowest BCUT2D eigenvalue weighted by molar-refractivity contribution is -0.138. The first kappa shape index (κ1) is 18.5. The third kappa shape index (κ3) is 5.32. The molecule has 0 aliphatic heterocycles. The van der Waals surface area contributed by atoms with E-state index < -0.39 is 5.97 Å². The first-order chi connectivity index (χ1) is 10.2.